The summed E-state index contributed by atoms with van der Waals surface area (Å²) in [6.07, 6.45) is 3.46. The van der Waals surface area contributed by atoms with Gasteiger partial charge in [0, 0.05) is 17.1 Å². The largest absolute Gasteiger partial charge is 0.349 e. The molecule has 0 saturated carbocycles. The number of hydrogen-bond acceptors (Lipinski definition) is 1. The molecule has 3 heteroatoms. The highest BCUT2D eigenvalue weighted by Gasteiger charge is 2.01. The molecule has 16 heavy (non-hydrogen) atoms. The van der Waals surface area contributed by atoms with Crippen molar-refractivity contribution >= 4 is 23.6 Å². The van der Waals surface area contributed by atoms with Crippen LogP contribution in [-0.2, 0) is 4.79 Å². The van der Waals surface area contributed by atoms with Gasteiger partial charge < -0.3 is 5.32 Å². The molecule has 1 rings (SSSR count). The van der Waals surface area contributed by atoms with Crippen molar-refractivity contribution in [1.82, 2.24) is 5.32 Å². The zero-order valence-electron chi connectivity index (χ0n) is 9.16. The summed E-state index contributed by atoms with van der Waals surface area (Å²) in [6.45, 7) is 5.78. The molecule has 84 valence electrons. The Labute approximate surface area is 101 Å². The molecule has 0 aliphatic carbocycles. The molecule has 1 aromatic rings. The summed E-state index contributed by atoms with van der Waals surface area (Å²) in [5.74, 6) is -0.0881. The van der Waals surface area contributed by atoms with Crippen LogP contribution in [0.5, 0.6) is 0 Å². The lowest BCUT2D eigenvalue weighted by Gasteiger charge is -2.02. The molecular formula is C13H14ClNO. The van der Waals surface area contributed by atoms with Crippen LogP contribution in [0, 0.1) is 0 Å². The highest BCUT2D eigenvalue weighted by Crippen LogP contribution is 2.12. The van der Waals surface area contributed by atoms with E-state index in [1.807, 2.05) is 18.2 Å². The van der Waals surface area contributed by atoms with Crippen LogP contribution in [0.1, 0.15) is 12.5 Å². The molecule has 0 saturated heterocycles. The fourth-order valence-corrected chi connectivity index (χ4v) is 1.30. The number of halogens is 1. The summed E-state index contributed by atoms with van der Waals surface area (Å²) >= 11 is 5.77. The van der Waals surface area contributed by atoms with Crippen molar-refractivity contribution in [3.63, 3.8) is 0 Å². The number of carbonyl (C=O) groups is 1. The van der Waals surface area contributed by atoms with E-state index in [1.54, 1.807) is 25.1 Å². The molecule has 0 aliphatic heterocycles. The Morgan fingerprint density at radius 2 is 2.06 bits per heavy atom. The van der Waals surface area contributed by atoms with Gasteiger partial charge in [-0.2, -0.15) is 0 Å². The molecule has 0 heterocycles. The highest BCUT2D eigenvalue weighted by molar-refractivity contribution is 6.30. The van der Waals surface area contributed by atoms with E-state index < -0.39 is 0 Å². The zero-order chi connectivity index (χ0) is 12.0. The summed E-state index contributed by atoms with van der Waals surface area (Å²) in [5, 5.41) is 3.40. The standard InChI is InChI=1S/C13H14ClNO/c1-3-8-15-13(16)10(2)9-11-4-6-12(14)7-5-11/h3-7,9H,1,8H2,2H3,(H,15,16)/b10-9+. The molecule has 1 N–H and O–H groups in total. The molecule has 2 nitrogen and oxygen atoms in total. The van der Waals surface area contributed by atoms with Crippen molar-refractivity contribution in [3.8, 4) is 0 Å². The third kappa shape index (κ3) is 3.91. The first-order valence-electron chi connectivity index (χ1n) is 4.96. The van der Waals surface area contributed by atoms with E-state index in [-0.39, 0.29) is 5.91 Å². The summed E-state index contributed by atoms with van der Waals surface area (Å²) in [5.41, 5.74) is 1.61. The van der Waals surface area contributed by atoms with Gasteiger partial charge in [0.1, 0.15) is 0 Å². The maximum absolute atomic E-state index is 11.5. The lowest BCUT2D eigenvalue weighted by atomic mass is 10.1. The van der Waals surface area contributed by atoms with Gasteiger partial charge in [-0.3, -0.25) is 4.79 Å². The highest BCUT2D eigenvalue weighted by atomic mass is 35.5. The van der Waals surface area contributed by atoms with Crippen molar-refractivity contribution in [3.05, 3.63) is 53.1 Å². The van der Waals surface area contributed by atoms with Gasteiger partial charge in [0.05, 0.1) is 0 Å². The van der Waals surface area contributed by atoms with Gasteiger partial charge >= 0.3 is 0 Å². The second-order valence-corrected chi connectivity index (χ2v) is 3.81. The normalized spacial score (nSPS) is 11.0. The minimum Gasteiger partial charge on any atom is -0.349 e. The minimum atomic E-state index is -0.0881. The lowest BCUT2D eigenvalue weighted by Crippen LogP contribution is -2.23. The molecule has 1 aromatic carbocycles. The van der Waals surface area contributed by atoms with Gasteiger partial charge in [-0.05, 0) is 30.7 Å². The maximum atomic E-state index is 11.5. The molecule has 0 radical (unpaired) electrons. The predicted molar refractivity (Wildman–Crippen MR) is 68.3 cm³/mol. The van der Waals surface area contributed by atoms with Gasteiger partial charge in [-0.15, -0.1) is 6.58 Å². The van der Waals surface area contributed by atoms with E-state index in [2.05, 4.69) is 11.9 Å². The monoisotopic (exact) mass is 235 g/mol. The first kappa shape index (κ1) is 12.5. The SMILES string of the molecule is C=CCNC(=O)/C(C)=C/c1ccc(Cl)cc1. The Morgan fingerprint density at radius 1 is 1.44 bits per heavy atom. The average molecular weight is 236 g/mol. The maximum Gasteiger partial charge on any atom is 0.247 e. The Morgan fingerprint density at radius 3 is 2.62 bits per heavy atom. The van der Waals surface area contributed by atoms with E-state index in [1.165, 1.54) is 0 Å². The van der Waals surface area contributed by atoms with Crippen LogP contribution in [-0.4, -0.2) is 12.5 Å². The number of amides is 1. The average Bonchev–Trinajstić information content (AvgIpc) is 2.29. The number of rotatable bonds is 4. The van der Waals surface area contributed by atoms with E-state index in [0.29, 0.717) is 17.1 Å². The molecule has 0 aromatic heterocycles. The van der Waals surface area contributed by atoms with Gasteiger partial charge in [-0.1, -0.05) is 29.8 Å². The fourth-order valence-electron chi connectivity index (χ4n) is 1.18. The number of benzene rings is 1. The number of hydrogen-bond donors (Lipinski definition) is 1. The third-order valence-corrected chi connectivity index (χ3v) is 2.27. The topological polar surface area (TPSA) is 29.1 Å². The van der Waals surface area contributed by atoms with Crippen LogP contribution in [0.2, 0.25) is 5.02 Å². The quantitative estimate of drug-likeness (QED) is 0.631. The predicted octanol–water partition coefficient (Wildman–Crippen LogP) is 3.05. The zero-order valence-corrected chi connectivity index (χ0v) is 9.92. The van der Waals surface area contributed by atoms with Gasteiger partial charge in [-0.25, -0.2) is 0 Å². The fraction of sp³-hybridized carbons (Fsp3) is 0.154. The van der Waals surface area contributed by atoms with Crippen LogP contribution in [0.3, 0.4) is 0 Å². The van der Waals surface area contributed by atoms with E-state index in [0.717, 1.165) is 5.56 Å². The molecule has 0 aliphatic rings. The minimum absolute atomic E-state index is 0.0881. The number of nitrogens with one attached hydrogen (secondary N) is 1. The Kier molecular flexibility index (Phi) is 4.80. The third-order valence-electron chi connectivity index (χ3n) is 2.02. The van der Waals surface area contributed by atoms with Crippen molar-refractivity contribution in [2.24, 2.45) is 0 Å². The van der Waals surface area contributed by atoms with Crippen molar-refractivity contribution in [2.75, 3.05) is 6.54 Å². The van der Waals surface area contributed by atoms with E-state index >= 15 is 0 Å². The Balaban J connectivity index is 2.72. The molecule has 0 fully saturated rings. The van der Waals surface area contributed by atoms with Gasteiger partial charge in [0.15, 0.2) is 0 Å². The summed E-state index contributed by atoms with van der Waals surface area (Å²) < 4.78 is 0. The van der Waals surface area contributed by atoms with Crippen molar-refractivity contribution in [1.29, 1.82) is 0 Å². The van der Waals surface area contributed by atoms with Gasteiger partial charge in [0.25, 0.3) is 0 Å². The summed E-state index contributed by atoms with van der Waals surface area (Å²) in [7, 11) is 0. The Bertz CT molecular complexity index is 406. The summed E-state index contributed by atoms with van der Waals surface area (Å²) in [6, 6.07) is 7.32. The van der Waals surface area contributed by atoms with E-state index in [4.69, 9.17) is 11.6 Å². The number of carbonyl (C=O) groups excluding carboxylic acids is 1. The molecule has 0 bridgehead atoms. The smallest absolute Gasteiger partial charge is 0.247 e. The van der Waals surface area contributed by atoms with Crippen LogP contribution in [0.15, 0.2) is 42.5 Å². The molecule has 0 atom stereocenters. The van der Waals surface area contributed by atoms with Crippen molar-refractivity contribution in [2.45, 2.75) is 6.92 Å². The van der Waals surface area contributed by atoms with E-state index in [9.17, 15) is 4.79 Å². The second kappa shape index (κ2) is 6.13. The van der Waals surface area contributed by atoms with Crippen molar-refractivity contribution < 1.29 is 4.79 Å². The lowest BCUT2D eigenvalue weighted by molar-refractivity contribution is -0.117. The first-order valence-corrected chi connectivity index (χ1v) is 5.34. The molecular weight excluding hydrogens is 222 g/mol. The molecule has 0 spiro atoms. The molecule has 0 unspecified atom stereocenters. The first-order chi connectivity index (χ1) is 7.63. The Hall–Kier alpha value is -1.54. The van der Waals surface area contributed by atoms with Gasteiger partial charge in [0.2, 0.25) is 5.91 Å². The second-order valence-electron chi connectivity index (χ2n) is 3.38. The van der Waals surface area contributed by atoms with Crippen LogP contribution < -0.4 is 5.32 Å². The van der Waals surface area contributed by atoms with Crippen LogP contribution in [0.4, 0.5) is 0 Å². The van der Waals surface area contributed by atoms with Crippen LogP contribution >= 0.6 is 11.6 Å². The molecule has 1 amide bonds. The van der Waals surface area contributed by atoms with Crippen LogP contribution in [0.25, 0.3) is 6.08 Å². The summed E-state index contributed by atoms with van der Waals surface area (Å²) in [4.78, 5) is 11.5.